The minimum Gasteiger partial charge on any atom is -0.507 e. The Kier molecular flexibility index (Phi) is 6.00. The number of ketones is 1. The Morgan fingerprint density at radius 2 is 1.81 bits per heavy atom. The summed E-state index contributed by atoms with van der Waals surface area (Å²) >= 11 is 3.47. The molecule has 37 heavy (non-hydrogen) atoms. The molecule has 4 aromatic rings. The summed E-state index contributed by atoms with van der Waals surface area (Å²) < 4.78 is 18.4. The molecule has 186 valence electrons. The van der Waals surface area contributed by atoms with E-state index in [2.05, 4.69) is 27.6 Å². The first-order chi connectivity index (χ1) is 17.9. The van der Waals surface area contributed by atoms with E-state index >= 15 is 0 Å². The number of hydrogen-bond acceptors (Lipinski definition) is 8. The standard InChI is InChI=1S/C27H19IN2O6S/c1-34-17-7-8-18-21(13-17)37-27(29-18)30-23(14-2-5-16(28)6-3-14)22(25(32)26(30)33)24(31)15-4-9-19-20(12-15)36-11-10-35-19/h2-9,12-13,23,31H,10-11H2,1H3. The average Bonchev–Trinajstić information content (AvgIpc) is 3.46. The van der Waals surface area contributed by atoms with E-state index < -0.39 is 17.7 Å². The second-order valence-corrected chi connectivity index (χ2v) is 10.7. The van der Waals surface area contributed by atoms with E-state index in [-0.39, 0.29) is 11.3 Å². The molecule has 1 amide bonds. The van der Waals surface area contributed by atoms with Crippen LogP contribution in [0.1, 0.15) is 17.2 Å². The highest BCUT2D eigenvalue weighted by Gasteiger charge is 2.48. The Hall–Kier alpha value is -3.64. The van der Waals surface area contributed by atoms with E-state index in [4.69, 9.17) is 14.2 Å². The third-order valence-corrected chi connectivity index (χ3v) is 7.97. The van der Waals surface area contributed by atoms with Crippen molar-refractivity contribution in [2.24, 2.45) is 0 Å². The lowest BCUT2D eigenvalue weighted by Gasteiger charge is -2.23. The summed E-state index contributed by atoms with van der Waals surface area (Å²) in [6, 6.07) is 17.0. The van der Waals surface area contributed by atoms with Gasteiger partial charge < -0.3 is 19.3 Å². The van der Waals surface area contributed by atoms with Gasteiger partial charge in [0, 0.05) is 9.13 Å². The molecular weight excluding hydrogens is 607 g/mol. The van der Waals surface area contributed by atoms with Crippen molar-refractivity contribution in [1.82, 2.24) is 4.98 Å². The van der Waals surface area contributed by atoms with Gasteiger partial charge in [-0.2, -0.15) is 0 Å². The summed E-state index contributed by atoms with van der Waals surface area (Å²) in [7, 11) is 1.58. The number of carbonyl (C=O) groups is 2. The second kappa shape index (κ2) is 9.34. The number of Topliss-reactive ketones (excluding diaryl/α,β-unsaturated/α-hetero) is 1. The molecule has 3 heterocycles. The monoisotopic (exact) mass is 626 g/mol. The number of aliphatic hydroxyl groups is 1. The molecule has 1 N–H and O–H groups in total. The molecule has 10 heteroatoms. The number of thiazole rings is 1. The van der Waals surface area contributed by atoms with Crippen molar-refractivity contribution in [3.63, 3.8) is 0 Å². The van der Waals surface area contributed by atoms with Crippen LogP contribution in [-0.4, -0.2) is 42.1 Å². The quantitative estimate of drug-likeness (QED) is 0.142. The maximum atomic E-state index is 13.5. The number of methoxy groups -OCH3 is 1. The summed E-state index contributed by atoms with van der Waals surface area (Å²) in [5.74, 6) is -0.138. The van der Waals surface area contributed by atoms with Gasteiger partial charge >= 0.3 is 5.91 Å². The van der Waals surface area contributed by atoms with Crippen molar-refractivity contribution >= 4 is 66.7 Å². The van der Waals surface area contributed by atoms with Crippen LogP contribution in [-0.2, 0) is 9.59 Å². The molecular formula is C27H19IN2O6S. The predicted molar refractivity (Wildman–Crippen MR) is 148 cm³/mol. The van der Waals surface area contributed by atoms with Crippen LogP contribution >= 0.6 is 33.9 Å². The topological polar surface area (TPSA) is 98.2 Å². The normalized spacial score (nSPS) is 18.4. The van der Waals surface area contributed by atoms with Gasteiger partial charge in [0.2, 0.25) is 0 Å². The molecule has 0 spiro atoms. The molecule has 0 bridgehead atoms. The van der Waals surface area contributed by atoms with Gasteiger partial charge in [0.05, 0.1) is 28.9 Å². The minimum atomic E-state index is -0.868. The number of hydrogen-bond donors (Lipinski definition) is 1. The Balaban J connectivity index is 1.52. The van der Waals surface area contributed by atoms with Gasteiger partial charge in [-0.1, -0.05) is 23.5 Å². The van der Waals surface area contributed by atoms with Crippen molar-refractivity contribution in [1.29, 1.82) is 0 Å². The molecule has 6 rings (SSSR count). The number of aliphatic hydroxyl groups excluding tert-OH is 1. The van der Waals surface area contributed by atoms with E-state index in [9.17, 15) is 14.7 Å². The first-order valence-corrected chi connectivity index (χ1v) is 13.2. The number of nitrogens with zero attached hydrogens (tertiary/aromatic N) is 2. The molecule has 0 radical (unpaired) electrons. The number of aromatic nitrogens is 1. The number of rotatable bonds is 4. The van der Waals surface area contributed by atoms with E-state index in [0.29, 0.717) is 52.2 Å². The van der Waals surface area contributed by atoms with Crippen LogP contribution in [0.5, 0.6) is 17.2 Å². The summed E-state index contributed by atoms with van der Waals surface area (Å²) in [5.41, 5.74) is 1.69. The summed E-state index contributed by atoms with van der Waals surface area (Å²) in [5, 5.41) is 11.8. The van der Waals surface area contributed by atoms with Crippen molar-refractivity contribution in [3.8, 4) is 17.2 Å². The molecule has 1 atom stereocenters. The number of anilines is 1. The van der Waals surface area contributed by atoms with E-state index in [0.717, 1.165) is 8.27 Å². The van der Waals surface area contributed by atoms with Crippen LogP contribution in [0.3, 0.4) is 0 Å². The summed E-state index contributed by atoms with van der Waals surface area (Å²) in [4.78, 5) is 32.9. The highest BCUT2D eigenvalue weighted by molar-refractivity contribution is 14.1. The Morgan fingerprint density at radius 3 is 2.57 bits per heavy atom. The fourth-order valence-corrected chi connectivity index (χ4v) is 5.84. The molecule has 2 aliphatic heterocycles. The zero-order chi connectivity index (χ0) is 25.7. The molecule has 0 aliphatic carbocycles. The van der Waals surface area contributed by atoms with Gasteiger partial charge in [-0.3, -0.25) is 14.5 Å². The van der Waals surface area contributed by atoms with E-state index in [1.54, 1.807) is 37.4 Å². The van der Waals surface area contributed by atoms with Crippen molar-refractivity contribution < 1.29 is 28.9 Å². The minimum absolute atomic E-state index is 0.0141. The lowest BCUT2D eigenvalue weighted by Crippen LogP contribution is -2.29. The number of ether oxygens (including phenoxy) is 3. The number of halogens is 1. The lowest BCUT2D eigenvalue weighted by molar-refractivity contribution is -0.132. The van der Waals surface area contributed by atoms with Crippen LogP contribution in [0.25, 0.3) is 16.0 Å². The summed E-state index contributed by atoms with van der Waals surface area (Å²) in [6.45, 7) is 0.816. The lowest BCUT2D eigenvalue weighted by atomic mass is 9.95. The van der Waals surface area contributed by atoms with Gasteiger partial charge in [-0.05, 0) is 76.7 Å². The van der Waals surface area contributed by atoms with Gasteiger partial charge in [-0.25, -0.2) is 4.98 Å². The molecule has 2 aliphatic rings. The maximum absolute atomic E-state index is 13.5. The molecule has 0 saturated carbocycles. The zero-order valence-electron chi connectivity index (χ0n) is 19.4. The van der Waals surface area contributed by atoms with Gasteiger partial charge in [0.15, 0.2) is 16.6 Å². The molecule has 8 nitrogen and oxygen atoms in total. The van der Waals surface area contributed by atoms with Gasteiger partial charge in [0.1, 0.15) is 24.7 Å². The Labute approximate surface area is 229 Å². The Morgan fingerprint density at radius 1 is 1.05 bits per heavy atom. The molecule has 1 saturated heterocycles. The van der Waals surface area contributed by atoms with Crippen LogP contribution in [0.2, 0.25) is 0 Å². The largest absolute Gasteiger partial charge is 0.507 e. The molecule has 1 fully saturated rings. The van der Waals surface area contributed by atoms with Crippen molar-refractivity contribution in [2.75, 3.05) is 25.2 Å². The maximum Gasteiger partial charge on any atom is 0.301 e. The number of carbonyl (C=O) groups excluding carboxylic acids is 2. The molecule has 1 unspecified atom stereocenters. The zero-order valence-corrected chi connectivity index (χ0v) is 22.4. The highest BCUT2D eigenvalue weighted by Crippen LogP contribution is 2.45. The first kappa shape index (κ1) is 23.7. The second-order valence-electron chi connectivity index (χ2n) is 8.41. The van der Waals surface area contributed by atoms with E-state index in [1.165, 1.54) is 16.2 Å². The third-order valence-electron chi connectivity index (χ3n) is 6.24. The van der Waals surface area contributed by atoms with Gasteiger partial charge in [-0.15, -0.1) is 0 Å². The van der Waals surface area contributed by atoms with Gasteiger partial charge in [0.25, 0.3) is 5.78 Å². The Bertz CT molecular complexity index is 1600. The molecule has 3 aromatic carbocycles. The third kappa shape index (κ3) is 4.09. The van der Waals surface area contributed by atoms with E-state index in [1.807, 2.05) is 30.3 Å². The van der Waals surface area contributed by atoms with Crippen LogP contribution in [0, 0.1) is 3.57 Å². The smallest absolute Gasteiger partial charge is 0.301 e. The first-order valence-electron chi connectivity index (χ1n) is 11.4. The SMILES string of the molecule is COc1ccc2nc(N3C(=O)C(=O)C(=C(O)c4ccc5c(c4)OCCO5)C3c3ccc(I)cc3)sc2c1. The predicted octanol–water partition coefficient (Wildman–Crippen LogP) is 5.31. The summed E-state index contributed by atoms with van der Waals surface area (Å²) in [6.07, 6.45) is 0. The van der Waals surface area contributed by atoms with Crippen LogP contribution in [0.15, 0.2) is 66.2 Å². The van der Waals surface area contributed by atoms with Crippen LogP contribution < -0.4 is 19.1 Å². The fraction of sp³-hybridized carbons (Fsp3) is 0.148. The average molecular weight is 626 g/mol. The highest BCUT2D eigenvalue weighted by atomic mass is 127. The van der Waals surface area contributed by atoms with Crippen molar-refractivity contribution in [2.45, 2.75) is 6.04 Å². The number of benzene rings is 3. The fourth-order valence-electron chi connectivity index (χ4n) is 4.46. The van der Waals surface area contributed by atoms with Crippen LogP contribution in [0.4, 0.5) is 5.13 Å². The number of fused-ring (bicyclic) bond motifs is 2. The number of amides is 1. The van der Waals surface area contributed by atoms with Crippen molar-refractivity contribution in [3.05, 3.63) is 80.9 Å². The molecule has 1 aromatic heterocycles.